The SMILES string of the molecule is CC(C)OC(=O)CSc1csc(C(=O)O)c1. The maximum atomic E-state index is 11.2. The number of thiophene rings is 1. The van der Waals surface area contributed by atoms with Crippen LogP contribution in [-0.2, 0) is 9.53 Å². The second kappa shape index (κ2) is 5.91. The molecular weight excluding hydrogens is 248 g/mol. The van der Waals surface area contributed by atoms with Crippen molar-refractivity contribution in [2.45, 2.75) is 24.8 Å². The standard InChI is InChI=1S/C10H12O4S2/c1-6(2)14-9(11)5-15-7-3-8(10(12)13)16-4-7/h3-4,6H,5H2,1-2H3,(H,12,13). The molecule has 1 heterocycles. The van der Waals surface area contributed by atoms with Gasteiger partial charge in [-0.1, -0.05) is 0 Å². The van der Waals surface area contributed by atoms with Crippen LogP contribution in [0.25, 0.3) is 0 Å². The molecule has 16 heavy (non-hydrogen) atoms. The van der Waals surface area contributed by atoms with Crippen LogP contribution < -0.4 is 0 Å². The van der Waals surface area contributed by atoms with Gasteiger partial charge in [0.1, 0.15) is 4.88 Å². The first kappa shape index (κ1) is 13.1. The van der Waals surface area contributed by atoms with Crippen LogP contribution in [0.3, 0.4) is 0 Å². The summed E-state index contributed by atoms with van der Waals surface area (Å²) in [6, 6.07) is 1.56. The van der Waals surface area contributed by atoms with E-state index in [0.29, 0.717) is 0 Å². The topological polar surface area (TPSA) is 63.6 Å². The predicted molar refractivity (Wildman–Crippen MR) is 63.2 cm³/mol. The van der Waals surface area contributed by atoms with Gasteiger partial charge in [-0.2, -0.15) is 0 Å². The molecule has 0 spiro atoms. The van der Waals surface area contributed by atoms with Crippen molar-refractivity contribution in [3.63, 3.8) is 0 Å². The van der Waals surface area contributed by atoms with Gasteiger partial charge in [-0.05, 0) is 19.9 Å². The van der Waals surface area contributed by atoms with Crippen LogP contribution in [0.4, 0.5) is 0 Å². The Hall–Kier alpha value is -1.01. The van der Waals surface area contributed by atoms with Crippen LogP contribution in [0.2, 0.25) is 0 Å². The lowest BCUT2D eigenvalue weighted by molar-refractivity contribution is -0.144. The van der Waals surface area contributed by atoms with E-state index in [9.17, 15) is 9.59 Å². The molecule has 1 aromatic heterocycles. The maximum absolute atomic E-state index is 11.2. The van der Waals surface area contributed by atoms with Gasteiger partial charge in [0.15, 0.2) is 0 Å². The van der Waals surface area contributed by atoms with E-state index in [-0.39, 0.29) is 22.7 Å². The lowest BCUT2D eigenvalue weighted by Crippen LogP contribution is -2.13. The fourth-order valence-corrected chi connectivity index (χ4v) is 2.60. The van der Waals surface area contributed by atoms with Gasteiger partial charge in [-0.15, -0.1) is 23.1 Å². The van der Waals surface area contributed by atoms with E-state index >= 15 is 0 Å². The number of ether oxygens (including phenoxy) is 1. The summed E-state index contributed by atoms with van der Waals surface area (Å²) >= 11 is 2.43. The number of thioether (sulfide) groups is 1. The smallest absolute Gasteiger partial charge is 0.345 e. The second-order valence-electron chi connectivity index (χ2n) is 3.28. The highest BCUT2D eigenvalue weighted by Gasteiger charge is 2.10. The molecule has 0 aliphatic carbocycles. The average Bonchev–Trinajstić information content (AvgIpc) is 2.61. The number of hydrogen-bond donors (Lipinski definition) is 1. The van der Waals surface area contributed by atoms with E-state index in [1.54, 1.807) is 25.3 Å². The molecule has 0 aliphatic heterocycles. The Bertz CT molecular complexity index is 384. The fraction of sp³-hybridized carbons (Fsp3) is 0.400. The van der Waals surface area contributed by atoms with Crippen molar-refractivity contribution in [1.29, 1.82) is 0 Å². The third-order valence-corrected chi connectivity index (χ3v) is 3.53. The second-order valence-corrected chi connectivity index (χ2v) is 5.24. The Balaban J connectivity index is 2.42. The van der Waals surface area contributed by atoms with Gasteiger partial charge in [0.2, 0.25) is 0 Å². The van der Waals surface area contributed by atoms with Crippen LogP contribution in [-0.4, -0.2) is 28.9 Å². The molecule has 0 fully saturated rings. The number of carboxylic acid groups (broad SMARTS) is 1. The zero-order valence-corrected chi connectivity index (χ0v) is 10.6. The molecule has 88 valence electrons. The first-order valence-electron chi connectivity index (χ1n) is 4.63. The molecule has 0 amide bonds. The van der Waals surface area contributed by atoms with Crippen molar-refractivity contribution < 1.29 is 19.4 Å². The molecule has 0 saturated heterocycles. The number of esters is 1. The Morgan fingerprint density at radius 2 is 2.25 bits per heavy atom. The highest BCUT2D eigenvalue weighted by Crippen LogP contribution is 2.24. The minimum atomic E-state index is -0.943. The molecule has 0 aromatic carbocycles. The number of carboxylic acids is 1. The van der Waals surface area contributed by atoms with Crippen LogP contribution >= 0.6 is 23.1 Å². The van der Waals surface area contributed by atoms with Crippen LogP contribution in [0, 0.1) is 0 Å². The Morgan fingerprint density at radius 3 is 2.75 bits per heavy atom. The minimum absolute atomic E-state index is 0.120. The van der Waals surface area contributed by atoms with Crippen LogP contribution in [0.5, 0.6) is 0 Å². The van der Waals surface area contributed by atoms with Crippen molar-refractivity contribution in [3.8, 4) is 0 Å². The molecule has 0 radical (unpaired) electrons. The van der Waals surface area contributed by atoms with Crippen molar-refractivity contribution in [3.05, 3.63) is 16.3 Å². The lowest BCUT2D eigenvalue weighted by Gasteiger charge is -2.06. The summed E-state index contributed by atoms with van der Waals surface area (Å²) in [4.78, 5) is 22.9. The summed E-state index contributed by atoms with van der Waals surface area (Å²) in [6.45, 7) is 3.57. The number of rotatable bonds is 5. The van der Waals surface area contributed by atoms with Crippen molar-refractivity contribution >= 4 is 35.0 Å². The maximum Gasteiger partial charge on any atom is 0.345 e. The van der Waals surface area contributed by atoms with Gasteiger partial charge in [-0.25, -0.2) is 4.79 Å². The molecule has 4 nitrogen and oxygen atoms in total. The summed E-state index contributed by atoms with van der Waals surface area (Å²) in [7, 11) is 0. The van der Waals surface area contributed by atoms with E-state index in [1.807, 2.05) is 0 Å². The summed E-state index contributed by atoms with van der Waals surface area (Å²) < 4.78 is 4.95. The van der Waals surface area contributed by atoms with Gasteiger partial charge in [0, 0.05) is 10.3 Å². The molecule has 1 aromatic rings. The largest absolute Gasteiger partial charge is 0.477 e. The summed E-state index contributed by atoms with van der Waals surface area (Å²) in [6.07, 6.45) is -0.120. The molecule has 0 aliphatic rings. The molecule has 6 heteroatoms. The zero-order chi connectivity index (χ0) is 12.1. The molecule has 0 bridgehead atoms. The predicted octanol–water partition coefficient (Wildman–Crippen LogP) is 2.49. The summed E-state index contributed by atoms with van der Waals surface area (Å²) in [5.74, 6) is -1.03. The number of hydrogen-bond acceptors (Lipinski definition) is 5. The average molecular weight is 260 g/mol. The van der Waals surface area contributed by atoms with E-state index in [2.05, 4.69) is 0 Å². The van der Waals surface area contributed by atoms with Crippen LogP contribution in [0.15, 0.2) is 16.3 Å². The number of carbonyl (C=O) groups excluding carboxylic acids is 1. The third kappa shape index (κ3) is 4.24. The normalized spacial score (nSPS) is 10.4. The number of aromatic carboxylic acids is 1. The summed E-state index contributed by atoms with van der Waals surface area (Å²) in [5.41, 5.74) is 0. The van der Waals surface area contributed by atoms with E-state index in [0.717, 1.165) is 16.2 Å². The van der Waals surface area contributed by atoms with Crippen molar-refractivity contribution in [1.82, 2.24) is 0 Å². The first-order valence-corrected chi connectivity index (χ1v) is 6.49. The van der Waals surface area contributed by atoms with Crippen molar-refractivity contribution in [2.24, 2.45) is 0 Å². The minimum Gasteiger partial charge on any atom is -0.477 e. The van der Waals surface area contributed by atoms with Crippen LogP contribution in [0.1, 0.15) is 23.5 Å². The number of carbonyl (C=O) groups is 2. The van der Waals surface area contributed by atoms with Gasteiger partial charge < -0.3 is 9.84 Å². The molecule has 0 saturated carbocycles. The summed E-state index contributed by atoms with van der Waals surface area (Å²) in [5, 5.41) is 10.4. The molecule has 1 rings (SSSR count). The first-order chi connectivity index (χ1) is 7.49. The third-order valence-electron chi connectivity index (χ3n) is 1.51. The molecule has 1 N–H and O–H groups in total. The van der Waals surface area contributed by atoms with E-state index < -0.39 is 5.97 Å². The van der Waals surface area contributed by atoms with Gasteiger partial charge in [0.05, 0.1) is 11.9 Å². The Labute approximate surface area is 102 Å². The van der Waals surface area contributed by atoms with Gasteiger partial charge in [0.25, 0.3) is 0 Å². The monoisotopic (exact) mass is 260 g/mol. The van der Waals surface area contributed by atoms with Crippen molar-refractivity contribution in [2.75, 3.05) is 5.75 Å². The highest BCUT2D eigenvalue weighted by molar-refractivity contribution is 8.00. The zero-order valence-electron chi connectivity index (χ0n) is 8.93. The Morgan fingerprint density at radius 1 is 1.56 bits per heavy atom. The Kier molecular flexibility index (Phi) is 4.82. The highest BCUT2D eigenvalue weighted by atomic mass is 32.2. The lowest BCUT2D eigenvalue weighted by atomic mass is 10.5. The quantitative estimate of drug-likeness (QED) is 0.651. The molecule has 0 atom stereocenters. The molecule has 0 unspecified atom stereocenters. The van der Waals surface area contributed by atoms with Gasteiger partial charge >= 0.3 is 11.9 Å². The van der Waals surface area contributed by atoms with E-state index in [4.69, 9.17) is 9.84 Å². The molecular formula is C10H12O4S2. The van der Waals surface area contributed by atoms with E-state index in [1.165, 1.54) is 11.8 Å². The fourth-order valence-electron chi connectivity index (χ4n) is 0.946. The van der Waals surface area contributed by atoms with Gasteiger partial charge in [-0.3, -0.25) is 4.79 Å².